The van der Waals surface area contributed by atoms with Gasteiger partial charge >= 0.3 is 5.97 Å². The summed E-state index contributed by atoms with van der Waals surface area (Å²) in [4.78, 5) is 11.8. The van der Waals surface area contributed by atoms with Crippen LogP contribution >= 0.6 is 0 Å². The van der Waals surface area contributed by atoms with E-state index in [-0.39, 0.29) is 10.6 Å². The number of aryl methyl sites for hydroxylation is 1. The number of sulfonamides is 1. The molecule has 0 spiro atoms. The van der Waals surface area contributed by atoms with Gasteiger partial charge in [-0.1, -0.05) is 17.7 Å². The van der Waals surface area contributed by atoms with Crippen LogP contribution in [0.15, 0.2) is 35.2 Å². The van der Waals surface area contributed by atoms with E-state index in [2.05, 4.69) is 4.74 Å². The number of nitrogens with zero attached hydrogens (tertiary/aromatic N) is 2. The van der Waals surface area contributed by atoms with Gasteiger partial charge in [0.05, 0.1) is 12.8 Å². The van der Waals surface area contributed by atoms with Crippen LogP contribution in [0.2, 0.25) is 0 Å². The highest BCUT2D eigenvalue weighted by Crippen LogP contribution is 2.26. The first kappa shape index (κ1) is 17.1. The summed E-state index contributed by atoms with van der Waals surface area (Å²) < 4.78 is 33.2. The maximum atomic E-state index is 12.9. The van der Waals surface area contributed by atoms with Crippen molar-refractivity contribution in [2.75, 3.05) is 18.5 Å². The lowest BCUT2D eigenvalue weighted by Crippen LogP contribution is -2.26. The first-order valence-corrected chi connectivity index (χ1v) is 8.44. The number of ether oxygens (including phenoxy) is 1. The van der Waals surface area contributed by atoms with Crippen LogP contribution < -0.4 is 4.31 Å². The molecule has 0 amide bonds. The number of hydrogen-bond donors (Lipinski definition) is 0. The number of benzene rings is 1. The Morgan fingerprint density at radius 3 is 2.26 bits per heavy atom. The summed E-state index contributed by atoms with van der Waals surface area (Å²) in [5.41, 5.74) is 2.27. The number of carbonyl (C=O) groups is 1. The van der Waals surface area contributed by atoms with Crippen molar-refractivity contribution in [1.82, 2.24) is 4.57 Å². The minimum atomic E-state index is -3.77. The third-order valence-electron chi connectivity index (χ3n) is 3.92. The van der Waals surface area contributed by atoms with E-state index in [1.54, 1.807) is 26.1 Å². The number of anilines is 1. The molecule has 0 aliphatic carbocycles. The number of esters is 1. The molecule has 0 saturated heterocycles. The SMILES string of the molecule is COC(=O)c1cc(S(=O)(=O)N(C)c2ccc(C)cc2)c(C)n1C. The van der Waals surface area contributed by atoms with Gasteiger partial charge in [-0.15, -0.1) is 0 Å². The first-order valence-electron chi connectivity index (χ1n) is 7.00. The molecule has 23 heavy (non-hydrogen) atoms. The fraction of sp³-hybridized carbons (Fsp3) is 0.312. The minimum absolute atomic E-state index is 0.0866. The molecule has 7 heteroatoms. The van der Waals surface area contributed by atoms with Crippen LogP contribution in [0.1, 0.15) is 21.7 Å². The van der Waals surface area contributed by atoms with E-state index < -0.39 is 16.0 Å². The molecule has 0 N–H and O–H groups in total. The maximum absolute atomic E-state index is 12.9. The van der Waals surface area contributed by atoms with Gasteiger partial charge in [-0.3, -0.25) is 4.31 Å². The quantitative estimate of drug-likeness (QED) is 0.803. The Morgan fingerprint density at radius 1 is 1.17 bits per heavy atom. The smallest absolute Gasteiger partial charge is 0.354 e. The number of rotatable bonds is 4. The van der Waals surface area contributed by atoms with E-state index in [0.29, 0.717) is 11.4 Å². The number of carbonyl (C=O) groups excluding carboxylic acids is 1. The van der Waals surface area contributed by atoms with Crippen molar-refractivity contribution in [3.05, 3.63) is 47.3 Å². The van der Waals surface area contributed by atoms with Crippen molar-refractivity contribution in [3.63, 3.8) is 0 Å². The van der Waals surface area contributed by atoms with E-state index in [0.717, 1.165) is 5.56 Å². The predicted molar refractivity (Wildman–Crippen MR) is 88.3 cm³/mol. The molecule has 6 nitrogen and oxygen atoms in total. The molecule has 0 fully saturated rings. The topological polar surface area (TPSA) is 68.6 Å². The van der Waals surface area contributed by atoms with Crippen molar-refractivity contribution in [1.29, 1.82) is 0 Å². The van der Waals surface area contributed by atoms with E-state index in [4.69, 9.17) is 0 Å². The van der Waals surface area contributed by atoms with Gasteiger partial charge in [0.25, 0.3) is 10.0 Å². The van der Waals surface area contributed by atoms with Crippen molar-refractivity contribution in [3.8, 4) is 0 Å². The second-order valence-electron chi connectivity index (χ2n) is 5.34. The molecule has 124 valence electrons. The van der Waals surface area contributed by atoms with Crippen molar-refractivity contribution >= 4 is 21.7 Å². The summed E-state index contributed by atoms with van der Waals surface area (Å²) >= 11 is 0. The summed E-state index contributed by atoms with van der Waals surface area (Å²) in [6.07, 6.45) is 0. The minimum Gasteiger partial charge on any atom is -0.464 e. The van der Waals surface area contributed by atoms with Crippen LogP contribution in [0.25, 0.3) is 0 Å². The van der Waals surface area contributed by atoms with Gasteiger partial charge in [0.15, 0.2) is 0 Å². The molecule has 1 aromatic carbocycles. The molecule has 2 rings (SSSR count). The third kappa shape index (κ3) is 2.96. The standard InChI is InChI=1S/C16H20N2O4S/c1-11-6-8-13(9-7-11)18(4)23(20,21)15-10-14(16(19)22-5)17(3)12(15)2/h6-10H,1-5H3. The maximum Gasteiger partial charge on any atom is 0.354 e. The Labute approximate surface area is 136 Å². The lowest BCUT2D eigenvalue weighted by molar-refractivity contribution is 0.0589. The largest absolute Gasteiger partial charge is 0.464 e. The average Bonchev–Trinajstić information content (AvgIpc) is 2.83. The van der Waals surface area contributed by atoms with Crippen molar-refractivity contribution < 1.29 is 17.9 Å². The molecular weight excluding hydrogens is 316 g/mol. The van der Waals surface area contributed by atoms with Crippen LogP contribution in [0.4, 0.5) is 5.69 Å². The molecule has 0 atom stereocenters. The molecule has 1 heterocycles. The Bertz CT molecular complexity index is 836. The highest BCUT2D eigenvalue weighted by molar-refractivity contribution is 7.92. The van der Waals surface area contributed by atoms with Gasteiger partial charge in [-0.05, 0) is 32.0 Å². The van der Waals surface area contributed by atoms with E-state index >= 15 is 0 Å². The van der Waals surface area contributed by atoms with Gasteiger partial charge in [-0.2, -0.15) is 0 Å². The molecule has 1 aromatic heterocycles. The third-order valence-corrected chi connectivity index (χ3v) is 5.82. The molecule has 2 aromatic rings. The number of hydrogen-bond acceptors (Lipinski definition) is 4. The molecular formula is C16H20N2O4S. The van der Waals surface area contributed by atoms with Gasteiger partial charge in [-0.25, -0.2) is 13.2 Å². The predicted octanol–water partition coefficient (Wildman–Crippen LogP) is 2.25. The lowest BCUT2D eigenvalue weighted by Gasteiger charge is -2.19. The second-order valence-corrected chi connectivity index (χ2v) is 7.28. The average molecular weight is 336 g/mol. The van der Waals surface area contributed by atoms with Crippen LogP contribution in [-0.2, 0) is 21.8 Å². The molecule has 0 unspecified atom stereocenters. The monoisotopic (exact) mass is 336 g/mol. The zero-order valence-electron chi connectivity index (χ0n) is 13.8. The summed E-state index contributed by atoms with van der Waals surface area (Å²) in [5.74, 6) is -0.574. The highest BCUT2D eigenvalue weighted by atomic mass is 32.2. The zero-order chi connectivity index (χ0) is 17.4. The first-order chi connectivity index (χ1) is 10.7. The molecule has 0 aliphatic heterocycles. The Morgan fingerprint density at radius 2 is 1.74 bits per heavy atom. The van der Waals surface area contributed by atoms with Gasteiger partial charge in [0.2, 0.25) is 0 Å². The van der Waals surface area contributed by atoms with E-state index in [1.165, 1.54) is 29.1 Å². The Kier molecular flexibility index (Phi) is 4.51. The van der Waals surface area contributed by atoms with Crippen LogP contribution in [0.3, 0.4) is 0 Å². The summed E-state index contributed by atoms with van der Waals surface area (Å²) in [5, 5.41) is 0. The van der Waals surface area contributed by atoms with Gasteiger partial charge in [0.1, 0.15) is 10.6 Å². The fourth-order valence-corrected chi connectivity index (χ4v) is 3.74. The number of aromatic nitrogens is 1. The molecule has 0 bridgehead atoms. The van der Waals surface area contributed by atoms with Gasteiger partial charge < -0.3 is 9.30 Å². The molecule has 0 radical (unpaired) electrons. The van der Waals surface area contributed by atoms with Crippen molar-refractivity contribution in [2.45, 2.75) is 18.7 Å². The molecule has 0 saturated carbocycles. The lowest BCUT2D eigenvalue weighted by atomic mass is 10.2. The highest BCUT2D eigenvalue weighted by Gasteiger charge is 2.28. The van der Waals surface area contributed by atoms with Crippen LogP contribution in [-0.4, -0.2) is 33.1 Å². The fourth-order valence-electron chi connectivity index (χ4n) is 2.27. The summed E-state index contributed by atoms with van der Waals surface area (Å²) in [6, 6.07) is 8.53. The molecule has 0 aliphatic rings. The summed E-state index contributed by atoms with van der Waals surface area (Å²) in [6.45, 7) is 3.59. The summed E-state index contributed by atoms with van der Waals surface area (Å²) in [7, 11) is 0.609. The zero-order valence-corrected chi connectivity index (χ0v) is 14.6. The number of methoxy groups -OCH3 is 1. The van der Waals surface area contributed by atoms with Gasteiger partial charge in [0, 0.05) is 19.8 Å². The second kappa shape index (κ2) is 6.08. The van der Waals surface area contributed by atoms with Crippen LogP contribution in [0, 0.1) is 13.8 Å². The Balaban J connectivity index is 2.51. The van der Waals surface area contributed by atoms with E-state index in [9.17, 15) is 13.2 Å². The Hall–Kier alpha value is -2.28. The van der Waals surface area contributed by atoms with Crippen LogP contribution in [0.5, 0.6) is 0 Å². The normalized spacial score (nSPS) is 11.3. The van der Waals surface area contributed by atoms with Crippen molar-refractivity contribution in [2.24, 2.45) is 7.05 Å². The van der Waals surface area contributed by atoms with E-state index in [1.807, 2.05) is 19.1 Å².